The molecular formula is C11H16ClN3O2. The fourth-order valence-corrected chi connectivity index (χ4v) is 1.19. The number of amides is 1. The van der Waals surface area contributed by atoms with Gasteiger partial charge in [-0.3, -0.25) is 0 Å². The Hall–Kier alpha value is -1.36. The molecule has 5 nitrogen and oxygen atoms in total. The molecule has 1 aromatic rings. The lowest BCUT2D eigenvalue weighted by atomic mass is 10.2. The molecule has 0 bridgehead atoms. The van der Waals surface area contributed by atoms with Gasteiger partial charge in [-0.2, -0.15) is 0 Å². The van der Waals surface area contributed by atoms with E-state index in [0.717, 1.165) is 5.56 Å². The van der Waals surface area contributed by atoms with Gasteiger partial charge in [0.05, 0.1) is 0 Å². The highest BCUT2D eigenvalue weighted by atomic mass is 35.5. The van der Waals surface area contributed by atoms with Crippen LogP contribution in [0.2, 0.25) is 5.28 Å². The van der Waals surface area contributed by atoms with Crippen LogP contribution in [0, 0.1) is 0 Å². The van der Waals surface area contributed by atoms with Crippen molar-refractivity contribution in [2.75, 3.05) is 6.54 Å². The summed E-state index contributed by atoms with van der Waals surface area (Å²) < 4.78 is 5.09. The number of halogens is 1. The lowest BCUT2D eigenvalue weighted by Gasteiger charge is -2.19. The Morgan fingerprint density at radius 3 is 2.53 bits per heavy atom. The van der Waals surface area contributed by atoms with Crippen LogP contribution in [-0.2, 0) is 11.2 Å². The SMILES string of the molecule is CC(C)(C)OC(=O)NCCc1cnc(Cl)nc1. The van der Waals surface area contributed by atoms with E-state index in [1.165, 1.54) is 0 Å². The van der Waals surface area contributed by atoms with Crippen LogP contribution in [0.25, 0.3) is 0 Å². The number of hydrogen-bond donors (Lipinski definition) is 1. The van der Waals surface area contributed by atoms with Crippen molar-refractivity contribution < 1.29 is 9.53 Å². The van der Waals surface area contributed by atoms with Gasteiger partial charge in [-0.25, -0.2) is 14.8 Å². The van der Waals surface area contributed by atoms with E-state index in [1.807, 2.05) is 20.8 Å². The average Bonchev–Trinajstić information content (AvgIpc) is 2.18. The van der Waals surface area contributed by atoms with Crippen molar-refractivity contribution in [2.24, 2.45) is 0 Å². The van der Waals surface area contributed by atoms with Crippen LogP contribution in [0.5, 0.6) is 0 Å². The first kappa shape index (κ1) is 13.7. The van der Waals surface area contributed by atoms with E-state index in [-0.39, 0.29) is 5.28 Å². The van der Waals surface area contributed by atoms with Crippen molar-refractivity contribution in [3.8, 4) is 0 Å². The van der Waals surface area contributed by atoms with E-state index in [4.69, 9.17) is 16.3 Å². The van der Waals surface area contributed by atoms with Gasteiger partial charge in [0.25, 0.3) is 0 Å². The molecule has 0 aliphatic heterocycles. The average molecular weight is 258 g/mol. The zero-order chi connectivity index (χ0) is 12.9. The van der Waals surface area contributed by atoms with Crippen LogP contribution in [0.4, 0.5) is 4.79 Å². The van der Waals surface area contributed by atoms with Gasteiger partial charge in [0.2, 0.25) is 5.28 Å². The number of carbonyl (C=O) groups is 1. The molecule has 94 valence electrons. The Balaban J connectivity index is 2.28. The van der Waals surface area contributed by atoms with E-state index in [1.54, 1.807) is 12.4 Å². The fraction of sp³-hybridized carbons (Fsp3) is 0.545. The molecule has 1 heterocycles. The molecule has 0 fully saturated rings. The Morgan fingerprint density at radius 1 is 1.41 bits per heavy atom. The van der Waals surface area contributed by atoms with Gasteiger partial charge >= 0.3 is 6.09 Å². The summed E-state index contributed by atoms with van der Waals surface area (Å²) in [7, 11) is 0. The van der Waals surface area contributed by atoms with Gasteiger partial charge < -0.3 is 10.1 Å². The summed E-state index contributed by atoms with van der Waals surface area (Å²) in [5.74, 6) is 0. The van der Waals surface area contributed by atoms with Crippen molar-refractivity contribution in [3.63, 3.8) is 0 Å². The first-order chi connectivity index (χ1) is 7.87. The van der Waals surface area contributed by atoms with Crippen molar-refractivity contribution in [3.05, 3.63) is 23.2 Å². The van der Waals surface area contributed by atoms with E-state index in [0.29, 0.717) is 13.0 Å². The monoisotopic (exact) mass is 257 g/mol. The van der Waals surface area contributed by atoms with Crippen molar-refractivity contribution in [1.82, 2.24) is 15.3 Å². The molecule has 0 aromatic carbocycles. The second-order valence-corrected chi connectivity index (χ2v) is 4.88. The van der Waals surface area contributed by atoms with Crippen LogP contribution < -0.4 is 5.32 Å². The number of nitrogens with zero attached hydrogens (tertiary/aromatic N) is 2. The first-order valence-corrected chi connectivity index (χ1v) is 5.68. The molecule has 1 amide bonds. The molecule has 0 atom stereocenters. The van der Waals surface area contributed by atoms with Gasteiger partial charge in [0, 0.05) is 18.9 Å². The van der Waals surface area contributed by atoms with Crippen LogP contribution in [0.15, 0.2) is 12.4 Å². The molecule has 1 rings (SSSR count). The molecule has 1 N–H and O–H groups in total. The van der Waals surface area contributed by atoms with Crippen molar-refractivity contribution in [1.29, 1.82) is 0 Å². The Kier molecular flexibility index (Phi) is 4.69. The summed E-state index contributed by atoms with van der Waals surface area (Å²) in [5.41, 5.74) is 0.429. The quantitative estimate of drug-likeness (QED) is 0.843. The lowest BCUT2D eigenvalue weighted by molar-refractivity contribution is 0.0528. The number of alkyl carbamates (subject to hydrolysis) is 1. The second-order valence-electron chi connectivity index (χ2n) is 4.54. The highest BCUT2D eigenvalue weighted by Crippen LogP contribution is 2.06. The molecule has 0 unspecified atom stereocenters. The molecule has 6 heteroatoms. The Bertz CT molecular complexity index is 373. The molecule has 0 radical (unpaired) electrons. The minimum atomic E-state index is -0.479. The maximum absolute atomic E-state index is 11.3. The van der Waals surface area contributed by atoms with E-state index in [2.05, 4.69) is 15.3 Å². The van der Waals surface area contributed by atoms with Crippen LogP contribution >= 0.6 is 11.6 Å². The van der Waals surface area contributed by atoms with Gasteiger partial charge in [-0.05, 0) is 44.4 Å². The molecule has 1 aromatic heterocycles. The third-order valence-corrected chi connectivity index (χ3v) is 1.95. The molecule has 0 aliphatic rings. The van der Waals surface area contributed by atoms with Gasteiger partial charge in [0.1, 0.15) is 5.60 Å². The first-order valence-electron chi connectivity index (χ1n) is 5.30. The topological polar surface area (TPSA) is 64.1 Å². The summed E-state index contributed by atoms with van der Waals surface area (Å²) in [5, 5.41) is 2.87. The summed E-state index contributed by atoms with van der Waals surface area (Å²) >= 11 is 5.56. The predicted molar refractivity (Wildman–Crippen MR) is 65.0 cm³/mol. The molecule has 0 aliphatic carbocycles. The number of rotatable bonds is 3. The summed E-state index contributed by atoms with van der Waals surface area (Å²) in [4.78, 5) is 19.0. The Morgan fingerprint density at radius 2 is 2.00 bits per heavy atom. The number of carbonyl (C=O) groups excluding carboxylic acids is 1. The Labute approximate surface area is 106 Å². The zero-order valence-electron chi connectivity index (χ0n) is 10.2. The third kappa shape index (κ3) is 6.06. The summed E-state index contributed by atoms with van der Waals surface area (Å²) in [6, 6.07) is 0. The molecule has 0 saturated heterocycles. The molecule has 0 saturated carbocycles. The number of hydrogen-bond acceptors (Lipinski definition) is 4. The molecular weight excluding hydrogens is 242 g/mol. The minimum absolute atomic E-state index is 0.217. The van der Waals surface area contributed by atoms with E-state index in [9.17, 15) is 4.79 Å². The fourth-order valence-electron chi connectivity index (χ4n) is 1.09. The maximum Gasteiger partial charge on any atom is 0.407 e. The summed E-state index contributed by atoms with van der Waals surface area (Å²) in [6.07, 6.45) is 3.47. The third-order valence-electron chi connectivity index (χ3n) is 1.76. The largest absolute Gasteiger partial charge is 0.444 e. The second kappa shape index (κ2) is 5.82. The number of nitrogens with one attached hydrogen (secondary N) is 1. The molecule has 17 heavy (non-hydrogen) atoms. The number of aromatic nitrogens is 2. The molecule has 0 spiro atoms. The van der Waals surface area contributed by atoms with Gasteiger partial charge in [-0.15, -0.1) is 0 Å². The normalized spacial score (nSPS) is 11.1. The van der Waals surface area contributed by atoms with Crippen LogP contribution in [0.1, 0.15) is 26.3 Å². The van der Waals surface area contributed by atoms with Crippen LogP contribution in [0.3, 0.4) is 0 Å². The van der Waals surface area contributed by atoms with Gasteiger partial charge in [0.15, 0.2) is 0 Å². The minimum Gasteiger partial charge on any atom is -0.444 e. The standard InChI is InChI=1S/C11H16ClN3O2/c1-11(2,3)17-10(16)13-5-4-8-6-14-9(12)15-7-8/h6-7H,4-5H2,1-3H3,(H,13,16). The zero-order valence-corrected chi connectivity index (χ0v) is 10.9. The predicted octanol–water partition coefficient (Wildman–Crippen LogP) is 2.20. The van der Waals surface area contributed by atoms with Crippen molar-refractivity contribution in [2.45, 2.75) is 32.8 Å². The smallest absolute Gasteiger partial charge is 0.407 e. The number of ether oxygens (including phenoxy) is 1. The highest BCUT2D eigenvalue weighted by molar-refractivity contribution is 6.28. The van der Waals surface area contributed by atoms with Gasteiger partial charge in [-0.1, -0.05) is 0 Å². The van der Waals surface area contributed by atoms with Crippen molar-refractivity contribution >= 4 is 17.7 Å². The highest BCUT2D eigenvalue weighted by Gasteiger charge is 2.15. The summed E-state index contributed by atoms with van der Waals surface area (Å²) in [6.45, 7) is 5.93. The van der Waals surface area contributed by atoms with Crippen LogP contribution in [-0.4, -0.2) is 28.2 Å². The van der Waals surface area contributed by atoms with E-state index < -0.39 is 11.7 Å². The lowest BCUT2D eigenvalue weighted by Crippen LogP contribution is -2.33. The maximum atomic E-state index is 11.3. The van der Waals surface area contributed by atoms with E-state index >= 15 is 0 Å².